The molecule has 0 bridgehead atoms. The Kier molecular flexibility index (Phi) is 2.97. The van der Waals surface area contributed by atoms with Crippen LogP contribution in [-0.2, 0) is 0 Å². The molecule has 0 saturated carbocycles. The summed E-state index contributed by atoms with van der Waals surface area (Å²) < 4.78 is 35.5. The molecule has 0 aliphatic heterocycles. The largest absolute Gasteiger partial charge is 0.502 e. The number of aromatic nitrogens is 1. The average molecular weight is 196 g/mol. The van der Waals surface area contributed by atoms with Gasteiger partial charge in [-0.05, 0) is 12.1 Å². The number of hydrogen-bond acceptors (Lipinski definition) is 1. The molecule has 1 heterocycles. The van der Waals surface area contributed by atoms with Gasteiger partial charge in [0.2, 0.25) is 0 Å². The van der Waals surface area contributed by atoms with Gasteiger partial charge < -0.3 is 12.9 Å². The first-order valence-corrected chi connectivity index (χ1v) is 3.84. The van der Waals surface area contributed by atoms with Crippen molar-refractivity contribution in [3.8, 4) is 12.3 Å². The lowest BCUT2D eigenvalue weighted by Gasteiger charge is -2.05. The van der Waals surface area contributed by atoms with Crippen LogP contribution in [0.1, 0.15) is 11.4 Å². The molecule has 5 heteroatoms. The van der Waals surface area contributed by atoms with Gasteiger partial charge in [-0.2, -0.15) is 0 Å². The number of nitrogens with zero attached hydrogens (tertiary/aromatic N) is 1. The molecule has 0 amide bonds. The van der Waals surface area contributed by atoms with Crippen LogP contribution >= 0.6 is 0 Å². The highest BCUT2D eigenvalue weighted by molar-refractivity contribution is 6.64. The molecule has 0 fully saturated rings. The Labute approximate surface area is 79.7 Å². The van der Waals surface area contributed by atoms with Crippen molar-refractivity contribution < 1.29 is 12.9 Å². The minimum atomic E-state index is -4.92. The summed E-state index contributed by atoms with van der Waals surface area (Å²) in [5.41, 5.74) is 0.529. The Morgan fingerprint density at radius 2 is 2.07 bits per heavy atom. The van der Waals surface area contributed by atoms with E-state index in [2.05, 4.69) is 10.9 Å². The van der Waals surface area contributed by atoms with Gasteiger partial charge >= 0.3 is 6.98 Å². The van der Waals surface area contributed by atoms with Gasteiger partial charge in [0.05, 0.1) is 5.69 Å². The molecule has 0 aromatic carbocycles. The molecule has 0 aliphatic carbocycles. The smallest absolute Gasteiger partial charge is 0.445 e. The number of pyridine rings is 1. The standard InChI is InChI=1S/C9H6BF3N/c1-2-8-4-3-5-9(14-8)6-7-10(11,12)13/h1,3-7H/q-1/b7-6+. The Bertz CT molecular complexity index is 390. The normalized spacial score (nSPS) is 11.6. The number of hydrogen-bond donors (Lipinski definition) is 0. The van der Waals surface area contributed by atoms with E-state index in [0.29, 0.717) is 5.69 Å². The van der Waals surface area contributed by atoms with Crippen molar-refractivity contribution >= 4 is 13.1 Å². The Balaban J connectivity index is 2.89. The first kappa shape index (κ1) is 10.4. The van der Waals surface area contributed by atoms with Crippen LogP contribution in [0.3, 0.4) is 0 Å². The van der Waals surface area contributed by atoms with Crippen LogP contribution in [0, 0.1) is 12.3 Å². The maximum Gasteiger partial charge on any atom is 0.502 e. The van der Waals surface area contributed by atoms with Crippen molar-refractivity contribution in [2.24, 2.45) is 0 Å². The minimum Gasteiger partial charge on any atom is -0.445 e. The second kappa shape index (κ2) is 4.01. The lowest BCUT2D eigenvalue weighted by molar-refractivity contribution is 0.499. The molecule has 0 saturated heterocycles. The molecule has 1 rings (SSSR count). The van der Waals surface area contributed by atoms with Crippen LogP contribution in [0.15, 0.2) is 24.2 Å². The van der Waals surface area contributed by atoms with E-state index in [1.165, 1.54) is 6.07 Å². The molecular formula is C9H6BF3N-. The maximum atomic E-state index is 11.8. The maximum absolute atomic E-state index is 11.8. The molecule has 1 nitrogen and oxygen atoms in total. The molecule has 0 N–H and O–H groups in total. The van der Waals surface area contributed by atoms with Crippen molar-refractivity contribution in [3.63, 3.8) is 0 Å². The summed E-state index contributed by atoms with van der Waals surface area (Å²) >= 11 is 0. The molecule has 0 aliphatic rings. The minimum absolute atomic E-state index is 0.183. The monoisotopic (exact) mass is 196 g/mol. The molecule has 72 valence electrons. The molecule has 0 atom stereocenters. The van der Waals surface area contributed by atoms with Crippen LogP contribution in [0.4, 0.5) is 12.9 Å². The molecular weight excluding hydrogens is 190 g/mol. The van der Waals surface area contributed by atoms with Crippen LogP contribution < -0.4 is 0 Å². The van der Waals surface area contributed by atoms with Crippen molar-refractivity contribution in [2.75, 3.05) is 0 Å². The Morgan fingerprint density at radius 1 is 1.36 bits per heavy atom. The van der Waals surface area contributed by atoms with E-state index < -0.39 is 6.98 Å². The van der Waals surface area contributed by atoms with Crippen LogP contribution in [-0.4, -0.2) is 12.0 Å². The molecule has 1 aromatic heterocycles. The van der Waals surface area contributed by atoms with Gasteiger partial charge in [0, 0.05) is 0 Å². The van der Waals surface area contributed by atoms with E-state index in [-0.39, 0.29) is 11.7 Å². The predicted molar refractivity (Wildman–Crippen MR) is 50.3 cm³/mol. The fourth-order valence-electron chi connectivity index (χ4n) is 0.832. The zero-order chi connectivity index (χ0) is 10.6. The fourth-order valence-corrected chi connectivity index (χ4v) is 0.832. The van der Waals surface area contributed by atoms with Crippen LogP contribution in [0.5, 0.6) is 0 Å². The summed E-state index contributed by atoms with van der Waals surface area (Å²) in [5, 5.41) is 0. The average Bonchev–Trinajstić information content (AvgIpc) is 2.14. The second-order valence-electron chi connectivity index (χ2n) is 2.58. The van der Waals surface area contributed by atoms with Crippen molar-refractivity contribution in [1.29, 1.82) is 0 Å². The SMILES string of the molecule is C#Cc1cccc(/C=C/[B-](F)(F)F)n1. The van der Waals surface area contributed by atoms with E-state index in [1.54, 1.807) is 12.1 Å². The van der Waals surface area contributed by atoms with Gasteiger partial charge in [-0.15, -0.1) is 12.4 Å². The zero-order valence-electron chi connectivity index (χ0n) is 7.12. The molecule has 1 aromatic rings. The van der Waals surface area contributed by atoms with Gasteiger partial charge in [-0.25, -0.2) is 4.98 Å². The topological polar surface area (TPSA) is 12.9 Å². The molecule has 0 radical (unpaired) electrons. The summed E-state index contributed by atoms with van der Waals surface area (Å²) in [7, 11) is 0. The van der Waals surface area contributed by atoms with Gasteiger partial charge in [-0.3, -0.25) is 0 Å². The lowest BCUT2D eigenvalue weighted by atomic mass is 9.91. The van der Waals surface area contributed by atoms with Crippen molar-refractivity contribution in [1.82, 2.24) is 4.98 Å². The van der Waals surface area contributed by atoms with Gasteiger partial charge in [0.15, 0.2) is 0 Å². The van der Waals surface area contributed by atoms with Crippen LogP contribution in [0.2, 0.25) is 0 Å². The molecule has 0 spiro atoms. The lowest BCUT2D eigenvalue weighted by Crippen LogP contribution is -2.09. The molecule has 14 heavy (non-hydrogen) atoms. The summed E-state index contributed by atoms with van der Waals surface area (Å²) in [5.74, 6) is 2.43. The molecule has 0 unspecified atom stereocenters. The third-order valence-electron chi connectivity index (χ3n) is 1.40. The van der Waals surface area contributed by atoms with E-state index in [9.17, 15) is 12.9 Å². The van der Waals surface area contributed by atoms with E-state index in [4.69, 9.17) is 6.42 Å². The predicted octanol–water partition coefficient (Wildman–Crippen LogP) is 2.46. The number of terminal acetylenes is 1. The Morgan fingerprint density at radius 3 is 2.64 bits per heavy atom. The van der Waals surface area contributed by atoms with Gasteiger partial charge in [0.25, 0.3) is 0 Å². The van der Waals surface area contributed by atoms with Crippen molar-refractivity contribution in [3.05, 3.63) is 35.6 Å². The second-order valence-corrected chi connectivity index (χ2v) is 2.58. The highest BCUT2D eigenvalue weighted by Crippen LogP contribution is 2.11. The van der Waals surface area contributed by atoms with Gasteiger partial charge in [-0.1, -0.05) is 18.1 Å². The summed E-state index contributed by atoms with van der Waals surface area (Å²) in [6, 6.07) is 4.57. The summed E-state index contributed by atoms with van der Waals surface area (Å²) in [6.07, 6.45) is 5.95. The number of halogens is 3. The summed E-state index contributed by atoms with van der Waals surface area (Å²) in [4.78, 5) is 3.78. The van der Waals surface area contributed by atoms with E-state index >= 15 is 0 Å². The van der Waals surface area contributed by atoms with Gasteiger partial charge in [0.1, 0.15) is 5.69 Å². The first-order chi connectivity index (χ1) is 6.51. The first-order valence-electron chi connectivity index (χ1n) is 3.84. The van der Waals surface area contributed by atoms with E-state index in [1.807, 2.05) is 0 Å². The zero-order valence-corrected chi connectivity index (χ0v) is 7.12. The van der Waals surface area contributed by atoms with Crippen molar-refractivity contribution in [2.45, 2.75) is 0 Å². The highest BCUT2D eigenvalue weighted by atomic mass is 19.4. The summed E-state index contributed by atoms with van der Waals surface area (Å²) in [6.45, 7) is -4.92. The van der Waals surface area contributed by atoms with Crippen LogP contribution in [0.25, 0.3) is 6.08 Å². The number of rotatable bonds is 2. The fraction of sp³-hybridized carbons (Fsp3) is 0. The highest BCUT2D eigenvalue weighted by Gasteiger charge is 2.16. The third kappa shape index (κ3) is 3.36. The third-order valence-corrected chi connectivity index (χ3v) is 1.40. The Hall–Kier alpha value is -1.70. The van der Waals surface area contributed by atoms with E-state index in [0.717, 1.165) is 6.08 Å². The quantitative estimate of drug-likeness (QED) is 0.522.